The van der Waals surface area contributed by atoms with E-state index in [0.29, 0.717) is 18.9 Å². The van der Waals surface area contributed by atoms with Gasteiger partial charge in [0.05, 0.1) is 0 Å². The van der Waals surface area contributed by atoms with Gasteiger partial charge in [0.25, 0.3) is 0 Å². The van der Waals surface area contributed by atoms with E-state index in [4.69, 9.17) is 10.3 Å². The zero-order valence-electron chi connectivity index (χ0n) is 8.50. The van der Waals surface area contributed by atoms with Crippen molar-refractivity contribution >= 4 is 0 Å². The van der Waals surface area contributed by atoms with E-state index in [2.05, 4.69) is 30.9 Å². The van der Waals surface area contributed by atoms with E-state index in [0.717, 1.165) is 12.2 Å². The zero-order valence-corrected chi connectivity index (χ0v) is 8.50. The van der Waals surface area contributed by atoms with Gasteiger partial charge in [-0.3, -0.25) is 0 Å². The van der Waals surface area contributed by atoms with Crippen LogP contribution in [0.4, 0.5) is 0 Å². The maximum Gasteiger partial charge on any atom is 0.227 e. The van der Waals surface area contributed by atoms with Crippen LogP contribution in [0, 0.1) is 5.41 Å². The molecule has 1 aromatic rings. The standard InChI is InChI=1S/C9H17N3O/c1-9(2,3)6-7-11-8(4-5-10)13-12-7/h4-6,10H2,1-3H3. The highest BCUT2D eigenvalue weighted by Crippen LogP contribution is 2.18. The van der Waals surface area contributed by atoms with E-state index in [1.54, 1.807) is 0 Å². The lowest BCUT2D eigenvalue weighted by atomic mass is 9.92. The van der Waals surface area contributed by atoms with Gasteiger partial charge in [-0.2, -0.15) is 4.98 Å². The Bertz CT molecular complexity index is 262. The summed E-state index contributed by atoms with van der Waals surface area (Å²) in [5.74, 6) is 1.41. The second-order valence-electron chi connectivity index (χ2n) is 4.38. The molecule has 0 radical (unpaired) electrons. The molecule has 0 saturated carbocycles. The van der Waals surface area contributed by atoms with Crippen LogP contribution in [0.5, 0.6) is 0 Å². The normalized spacial score (nSPS) is 12.0. The lowest BCUT2D eigenvalue weighted by Gasteiger charge is -2.14. The Balaban J connectivity index is 2.59. The van der Waals surface area contributed by atoms with Gasteiger partial charge in [-0.25, -0.2) is 0 Å². The Morgan fingerprint density at radius 2 is 2.08 bits per heavy atom. The quantitative estimate of drug-likeness (QED) is 0.763. The summed E-state index contributed by atoms with van der Waals surface area (Å²) in [6.07, 6.45) is 1.50. The van der Waals surface area contributed by atoms with Gasteiger partial charge in [-0.15, -0.1) is 0 Å². The molecular weight excluding hydrogens is 166 g/mol. The second kappa shape index (κ2) is 3.87. The van der Waals surface area contributed by atoms with Crippen LogP contribution >= 0.6 is 0 Å². The van der Waals surface area contributed by atoms with Gasteiger partial charge < -0.3 is 10.3 Å². The van der Waals surface area contributed by atoms with Crippen molar-refractivity contribution in [3.05, 3.63) is 11.7 Å². The summed E-state index contributed by atoms with van der Waals surface area (Å²) >= 11 is 0. The fraction of sp³-hybridized carbons (Fsp3) is 0.778. The molecular formula is C9H17N3O. The summed E-state index contributed by atoms with van der Waals surface area (Å²) in [7, 11) is 0. The SMILES string of the molecule is CC(C)(C)Cc1noc(CCN)n1. The van der Waals surface area contributed by atoms with Gasteiger partial charge in [-0.05, 0) is 5.41 Å². The molecule has 0 saturated heterocycles. The predicted octanol–water partition coefficient (Wildman–Crippen LogP) is 1.16. The molecule has 4 nitrogen and oxygen atoms in total. The van der Waals surface area contributed by atoms with Crippen LogP contribution in [0.2, 0.25) is 0 Å². The molecule has 1 heterocycles. The molecule has 74 valence electrons. The highest BCUT2D eigenvalue weighted by atomic mass is 16.5. The highest BCUT2D eigenvalue weighted by Gasteiger charge is 2.15. The van der Waals surface area contributed by atoms with Gasteiger partial charge in [0, 0.05) is 19.4 Å². The van der Waals surface area contributed by atoms with E-state index >= 15 is 0 Å². The Kier molecular flexibility index (Phi) is 3.03. The summed E-state index contributed by atoms with van der Waals surface area (Å²) in [6, 6.07) is 0. The maximum atomic E-state index is 5.37. The first-order valence-corrected chi connectivity index (χ1v) is 4.53. The van der Waals surface area contributed by atoms with Crippen molar-refractivity contribution in [1.82, 2.24) is 10.1 Å². The van der Waals surface area contributed by atoms with Gasteiger partial charge in [-0.1, -0.05) is 25.9 Å². The molecule has 1 aromatic heterocycles. The average molecular weight is 183 g/mol. The number of nitrogens with two attached hydrogens (primary N) is 1. The number of rotatable bonds is 3. The molecule has 0 amide bonds. The molecule has 2 N–H and O–H groups in total. The van der Waals surface area contributed by atoms with Crippen molar-refractivity contribution in [3.63, 3.8) is 0 Å². The molecule has 13 heavy (non-hydrogen) atoms. The summed E-state index contributed by atoms with van der Waals surface area (Å²) in [5, 5.41) is 3.88. The predicted molar refractivity (Wildman–Crippen MR) is 50.2 cm³/mol. The number of aromatic nitrogens is 2. The van der Waals surface area contributed by atoms with E-state index in [-0.39, 0.29) is 5.41 Å². The van der Waals surface area contributed by atoms with Crippen LogP contribution in [0.25, 0.3) is 0 Å². The van der Waals surface area contributed by atoms with Crippen molar-refractivity contribution in [3.8, 4) is 0 Å². The fourth-order valence-electron chi connectivity index (χ4n) is 1.06. The van der Waals surface area contributed by atoms with Crippen molar-refractivity contribution < 1.29 is 4.52 Å². The van der Waals surface area contributed by atoms with E-state index in [1.807, 2.05) is 0 Å². The Hall–Kier alpha value is -0.900. The van der Waals surface area contributed by atoms with E-state index < -0.39 is 0 Å². The zero-order chi connectivity index (χ0) is 9.90. The van der Waals surface area contributed by atoms with Gasteiger partial charge in [0.2, 0.25) is 5.89 Å². The largest absolute Gasteiger partial charge is 0.339 e. The van der Waals surface area contributed by atoms with Crippen LogP contribution in [-0.4, -0.2) is 16.7 Å². The third-order valence-electron chi connectivity index (χ3n) is 1.56. The van der Waals surface area contributed by atoms with Crippen molar-refractivity contribution in [2.75, 3.05) is 6.54 Å². The minimum Gasteiger partial charge on any atom is -0.339 e. The molecule has 0 fully saturated rings. The van der Waals surface area contributed by atoms with E-state index in [1.165, 1.54) is 0 Å². The van der Waals surface area contributed by atoms with Gasteiger partial charge in [0.15, 0.2) is 5.82 Å². The summed E-state index contributed by atoms with van der Waals surface area (Å²) in [5.41, 5.74) is 5.57. The van der Waals surface area contributed by atoms with Crippen molar-refractivity contribution in [2.24, 2.45) is 11.1 Å². The van der Waals surface area contributed by atoms with Gasteiger partial charge in [0.1, 0.15) is 0 Å². The fourth-order valence-corrected chi connectivity index (χ4v) is 1.06. The number of hydrogen-bond acceptors (Lipinski definition) is 4. The second-order valence-corrected chi connectivity index (χ2v) is 4.38. The van der Waals surface area contributed by atoms with Crippen molar-refractivity contribution in [1.29, 1.82) is 0 Å². The molecule has 0 bridgehead atoms. The van der Waals surface area contributed by atoms with Gasteiger partial charge >= 0.3 is 0 Å². The molecule has 0 unspecified atom stereocenters. The summed E-state index contributed by atoms with van der Waals surface area (Å²) in [6.45, 7) is 6.99. The molecule has 0 aromatic carbocycles. The monoisotopic (exact) mass is 183 g/mol. The lowest BCUT2D eigenvalue weighted by molar-refractivity contribution is 0.355. The smallest absolute Gasteiger partial charge is 0.227 e. The third kappa shape index (κ3) is 3.55. The molecule has 0 aliphatic carbocycles. The maximum absolute atomic E-state index is 5.37. The summed E-state index contributed by atoms with van der Waals surface area (Å²) in [4.78, 5) is 4.23. The first-order chi connectivity index (χ1) is 6.01. The topological polar surface area (TPSA) is 64.9 Å². The first kappa shape index (κ1) is 10.2. The number of nitrogens with zero attached hydrogens (tertiary/aromatic N) is 2. The average Bonchev–Trinajstić information content (AvgIpc) is 2.33. The first-order valence-electron chi connectivity index (χ1n) is 4.53. The van der Waals surface area contributed by atoms with Crippen LogP contribution in [0.3, 0.4) is 0 Å². The third-order valence-corrected chi connectivity index (χ3v) is 1.56. The minimum atomic E-state index is 0.198. The Morgan fingerprint density at radius 3 is 2.62 bits per heavy atom. The highest BCUT2D eigenvalue weighted by molar-refractivity contribution is 4.90. The minimum absolute atomic E-state index is 0.198. The van der Waals surface area contributed by atoms with Crippen LogP contribution in [0.1, 0.15) is 32.5 Å². The molecule has 0 spiro atoms. The summed E-state index contributed by atoms with van der Waals surface area (Å²) < 4.78 is 5.01. The molecule has 0 aliphatic rings. The molecule has 1 rings (SSSR count). The molecule has 0 aliphatic heterocycles. The van der Waals surface area contributed by atoms with Crippen LogP contribution in [-0.2, 0) is 12.8 Å². The van der Waals surface area contributed by atoms with Crippen LogP contribution < -0.4 is 5.73 Å². The van der Waals surface area contributed by atoms with E-state index in [9.17, 15) is 0 Å². The number of hydrogen-bond donors (Lipinski definition) is 1. The lowest BCUT2D eigenvalue weighted by Crippen LogP contribution is -2.10. The van der Waals surface area contributed by atoms with Crippen LogP contribution in [0.15, 0.2) is 4.52 Å². The molecule has 0 atom stereocenters. The van der Waals surface area contributed by atoms with Crippen molar-refractivity contribution in [2.45, 2.75) is 33.6 Å². The molecule has 4 heteroatoms. The Morgan fingerprint density at radius 1 is 1.38 bits per heavy atom. The Labute approximate surface area is 78.5 Å².